The van der Waals surface area contributed by atoms with Gasteiger partial charge < -0.3 is 29.9 Å². The number of hydrogen-bond donors (Lipinski definition) is 6. The summed E-state index contributed by atoms with van der Waals surface area (Å²) in [5, 5.41) is 39.5. The topological polar surface area (TPSA) is 167 Å². The largest absolute Gasteiger partial charge is 0.493 e. The number of nitrogens with one attached hydrogen (secondary N) is 2. The van der Waals surface area contributed by atoms with Crippen molar-refractivity contribution in [3.05, 3.63) is 121 Å². The van der Waals surface area contributed by atoms with Crippen molar-refractivity contribution in [3.63, 3.8) is 0 Å². The molecule has 0 amide bonds. The van der Waals surface area contributed by atoms with E-state index in [0.29, 0.717) is 39.9 Å². The Balaban J connectivity index is 1.14. The Labute approximate surface area is 263 Å². The lowest BCUT2D eigenvalue weighted by Crippen LogP contribution is -2.07. The Morgan fingerprint density at radius 1 is 0.543 bits per heavy atom. The number of ether oxygens (including phenoxy) is 2. The number of aromatic nitrogens is 2. The number of anilines is 2. The molecular weight excluding hydrogens is 612 g/mol. The molecule has 46 heavy (non-hydrogen) atoms. The van der Waals surface area contributed by atoms with Crippen LogP contribution in [-0.4, -0.2) is 38.2 Å². The Bertz CT molecular complexity index is 2100. The molecule has 0 aliphatic rings. The number of aryl methyl sites for hydroxylation is 1. The maximum atomic E-state index is 13.5. The van der Waals surface area contributed by atoms with Crippen LogP contribution in [0.1, 0.15) is 5.56 Å². The third-order valence-electron chi connectivity index (χ3n) is 6.87. The van der Waals surface area contributed by atoms with Gasteiger partial charge in [-0.1, -0.05) is 12.1 Å². The molecule has 234 valence electrons. The van der Waals surface area contributed by atoms with Crippen LogP contribution in [0.15, 0.2) is 125 Å². The second-order valence-electron chi connectivity index (χ2n) is 10.2. The van der Waals surface area contributed by atoms with Gasteiger partial charge in [0.2, 0.25) is 33.4 Å². The van der Waals surface area contributed by atoms with Crippen molar-refractivity contribution in [2.75, 3.05) is 10.9 Å². The third-order valence-corrected chi connectivity index (χ3v) is 8.80. The molecule has 0 fully saturated rings. The van der Waals surface area contributed by atoms with Gasteiger partial charge in [0.1, 0.15) is 23.0 Å². The highest BCUT2D eigenvalue weighted by molar-refractivity contribution is 7.91. The fourth-order valence-electron chi connectivity index (χ4n) is 4.65. The van der Waals surface area contributed by atoms with Gasteiger partial charge in [0.05, 0.1) is 21.2 Å². The highest BCUT2D eigenvalue weighted by atomic mass is 32.2. The van der Waals surface area contributed by atoms with Gasteiger partial charge >= 0.3 is 0 Å². The minimum absolute atomic E-state index is 0.0842. The summed E-state index contributed by atoms with van der Waals surface area (Å²) in [6.45, 7) is 1.68. The average Bonchev–Trinajstić information content (AvgIpc) is 3.52. The van der Waals surface area contributed by atoms with Gasteiger partial charge in [0.25, 0.3) is 0 Å². The zero-order chi connectivity index (χ0) is 32.4. The van der Waals surface area contributed by atoms with E-state index in [4.69, 9.17) is 9.47 Å². The lowest BCUT2D eigenvalue weighted by Gasteiger charge is -2.14. The Morgan fingerprint density at radius 2 is 0.978 bits per heavy atom. The molecule has 0 spiro atoms. The van der Waals surface area contributed by atoms with Gasteiger partial charge in [-0.25, -0.2) is 8.42 Å². The molecule has 0 saturated heterocycles. The Morgan fingerprint density at radius 3 is 1.46 bits per heavy atom. The summed E-state index contributed by atoms with van der Waals surface area (Å²) in [4.78, 5) is 0.207. The van der Waals surface area contributed by atoms with Crippen LogP contribution in [-0.2, 0) is 9.84 Å². The molecule has 6 rings (SSSR count). The molecule has 4 aromatic carbocycles. The molecule has 2 heterocycles. The molecule has 6 N–H and O–H groups in total. The van der Waals surface area contributed by atoms with Gasteiger partial charge in [0.15, 0.2) is 0 Å². The van der Waals surface area contributed by atoms with E-state index in [1.807, 2.05) is 0 Å². The molecule has 0 aliphatic carbocycles. The molecule has 0 bridgehead atoms. The molecule has 2 aromatic heterocycles. The number of aromatic hydroxyl groups is 4. The molecule has 0 unspecified atom stereocenters. The number of benzene rings is 4. The summed E-state index contributed by atoms with van der Waals surface area (Å²) in [6, 6.07) is 29.7. The first-order chi connectivity index (χ1) is 22.1. The van der Waals surface area contributed by atoms with Crippen LogP contribution in [0.25, 0.3) is 0 Å². The van der Waals surface area contributed by atoms with Gasteiger partial charge in [-0.15, -0.1) is 0 Å². The monoisotopic (exact) mass is 640 g/mol. The second-order valence-corrected chi connectivity index (χ2v) is 12.1. The zero-order valence-electron chi connectivity index (χ0n) is 24.2. The van der Waals surface area contributed by atoms with E-state index in [2.05, 4.69) is 10.9 Å². The molecule has 0 aliphatic heterocycles. The highest BCUT2D eigenvalue weighted by Crippen LogP contribution is 2.33. The molecule has 0 atom stereocenters. The fourth-order valence-corrected chi connectivity index (χ4v) is 6.13. The molecule has 6 aromatic rings. The first-order valence-corrected chi connectivity index (χ1v) is 15.3. The van der Waals surface area contributed by atoms with Gasteiger partial charge in [-0.3, -0.25) is 10.9 Å². The normalized spacial score (nSPS) is 11.2. The summed E-state index contributed by atoms with van der Waals surface area (Å²) < 4.78 is 41.1. The predicted octanol–water partition coefficient (Wildman–Crippen LogP) is 6.59. The minimum Gasteiger partial charge on any atom is -0.493 e. The maximum Gasteiger partial charge on any atom is 0.213 e. The molecule has 0 saturated carbocycles. The van der Waals surface area contributed by atoms with Gasteiger partial charge in [0, 0.05) is 36.4 Å². The number of hydrogen-bond acceptors (Lipinski definition) is 10. The van der Waals surface area contributed by atoms with Crippen LogP contribution in [0.5, 0.6) is 46.5 Å². The van der Waals surface area contributed by atoms with Crippen LogP contribution in [0.2, 0.25) is 0 Å². The number of sulfone groups is 1. The van der Waals surface area contributed by atoms with Crippen molar-refractivity contribution in [1.29, 1.82) is 0 Å². The van der Waals surface area contributed by atoms with Gasteiger partial charge in [-0.2, -0.15) is 9.35 Å². The number of nitrogens with zero attached hydrogens (tertiary/aromatic N) is 2. The van der Waals surface area contributed by atoms with Crippen LogP contribution < -0.4 is 20.3 Å². The molecule has 13 heteroatoms. The zero-order valence-corrected chi connectivity index (χ0v) is 25.0. The van der Waals surface area contributed by atoms with Gasteiger partial charge in [-0.05, 0) is 79.2 Å². The van der Waals surface area contributed by atoms with Crippen LogP contribution in [0.3, 0.4) is 0 Å². The van der Waals surface area contributed by atoms with Crippen molar-refractivity contribution >= 4 is 21.2 Å². The van der Waals surface area contributed by atoms with E-state index >= 15 is 0 Å². The van der Waals surface area contributed by atoms with Crippen molar-refractivity contribution in [1.82, 2.24) is 9.35 Å². The SMILES string of the molecule is Cc1cc(Oc2cccc(Nn3c(O)ccc3O)c2)ccc1S(=O)(=O)c1ccc(Oc2cccc(Nn3c(O)ccc3O)c2)cc1. The predicted molar refractivity (Wildman–Crippen MR) is 170 cm³/mol. The maximum absolute atomic E-state index is 13.5. The summed E-state index contributed by atoms with van der Waals surface area (Å²) in [5.41, 5.74) is 7.27. The molecule has 12 nitrogen and oxygen atoms in total. The van der Waals surface area contributed by atoms with E-state index in [1.54, 1.807) is 79.7 Å². The van der Waals surface area contributed by atoms with Crippen molar-refractivity contribution in [2.45, 2.75) is 16.7 Å². The van der Waals surface area contributed by atoms with E-state index in [0.717, 1.165) is 9.35 Å². The number of rotatable bonds is 10. The second kappa shape index (κ2) is 12.1. The average molecular weight is 641 g/mol. The Hall–Kier alpha value is -6.21. The quantitative estimate of drug-likeness (QED) is 0.0961. The molecule has 0 radical (unpaired) electrons. The van der Waals surface area contributed by atoms with E-state index < -0.39 is 9.84 Å². The standard InChI is InChI=1S/C33H28N4O8S/c1-21-18-27(45-26-7-3-5-23(20-26)35-37-32(40)16-17-33(37)41)10-13-29(21)46(42,43)28-11-8-24(9-12-28)44-25-6-2-4-22(19-25)34-36-30(38)14-15-31(36)39/h2-20,34-35,38-41H,1H3. The highest BCUT2D eigenvalue weighted by Gasteiger charge is 2.21. The lowest BCUT2D eigenvalue weighted by atomic mass is 10.2. The van der Waals surface area contributed by atoms with Crippen LogP contribution in [0.4, 0.5) is 11.4 Å². The Kier molecular flexibility index (Phi) is 7.82. The molecular formula is C33H28N4O8S. The lowest BCUT2D eigenvalue weighted by molar-refractivity contribution is 0.392. The van der Waals surface area contributed by atoms with E-state index in [1.165, 1.54) is 42.5 Å². The summed E-state index contributed by atoms with van der Waals surface area (Å²) in [5.74, 6) is 1.03. The minimum atomic E-state index is -3.87. The fraction of sp³-hybridized carbons (Fsp3) is 0.0303. The summed E-state index contributed by atoms with van der Waals surface area (Å²) in [7, 11) is -3.87. The summed E-state index contributed by atoms with van der Waals surface area (Å²) >= 11 is 0. The van der Waals surface area contributed by atoms with E-state index in [9.17, 15) is 28.8 Å². The third kappa shape index (κ3) is 6.21. The smallest absolute Gasteiger partial charge is 0.213 e. The van der Waals surface area contributed by atoms with Crippen LogP contribution in [0, 0.1) is 6.92 Å². The summed E-state index contributed by atoms with van der Waals surface area (Å²) in [6.07, 6.45) is 0. The van der Waals surface area contributed by atoms with Crippen molar-refractivity contribution in [2.24, 2.45) is 0 Å². The first-order valence-electron chi connectivity index (χ1n) is 13.8. The van der Waals surface area contributed by atoms with Crippen molar-refractivity contribution in [3.8, 4) is 46.5 Å². The van der Waals surface area contributed by atoms with Crippen molar-refractivity contribution < 1.29 is 38.3 Å². The first kappa shape index (κ1) is 29.8. The van der Waals surface area contributed by atoms with E-state index in [-0.39, 0.29) is 33.3 Å². The van der Waals surface area contributed by atoms with Crippen LogP contribution >= 0.6 is 0 Å².